The summed E-state index contributed by atoms with van der Waals surface area (Å²) in [6, 6.07) is 33.3. The van der Waals surface area contributed by atoms with Crippen molar-refractivity contribution in [2.45, 2.75) is 31.7 Å². The van der Waals surface area contributed by atoms with E-state index >= 15 is 0 Å². The Balaban J connectivity index is 1.61. The zero-order valence-corrected chi connectivity index (χ0v) is 21.1. The molecule has 6 heteroatoms. The second kappa shape index (κ2) is 11.8. The smallest absolute Gasteiger partial charge is 0.0900 e. The summed E-state index contributed by atoms with van der Waals surface area (Å²) < 4.78 is 2.27. The standard InChI is InChI=1S/C31H34N6/c32-19-9-11-23(33)12-10-20-34-27-22-31-29(21-28(27)35-24-13-3-1-4-14-24)36-26-17-7-8-18-30(26)37(31)25-15-5-2-6-16-25/h1-8,13-18,21-23,35H,9-12,19-20,32-33H2/b34-27-. The van der Waals surface area contributed by atoms with Crippen molar-refractivity contribution < 1.29 is 0 Å². The molecule has 1 aliphatic heterocycles. The topological polar surface area (TPSA) is 94.3 Å². The van der Waals surface area contributed by atoms with Crippen LogP contribution in [0.3, 0.4) is 0 Å². The Morgan fingerprint density at radius 2 is 1.54 bits per heavy atom. The van der Waals surface area contributed by atoms with E-state index in [2.05, 4.69) is 76.6 Å². The van der Waals surface area contributed by atoms with E-state index in [1.54, 1.807) is 0 Å². The molecular weight excluding hydrogens is 456 g/mol. The molecule has 0 fully saturated rings. The maximum Gasteiger partial charge on any atom is 0.0900 e. The lowest BCUT2D eigenvalue weighted by Gasteiger charge is -2.20. The number of nitrogens with two attached hydrogens (primary N) is 2. The molecule has 1 heterocycles. The Morgan fingerprint density at radius 1 is 0.838 bits per heavy atom. The van der Waals surface area contributed by atoms with Crippen LogP contribution in [0.5, 0.6) is 0 Å². The summed E-state index contributed by atoms with van der Waals surface area (Å²) in [6.07, 6.45) is 3.80. The Kier molecular flexibility index (Phi) is 7.89. The van der Waals surface area contributed by atoms with Gasteiger partial charge in [-0.1, -0.05) is 48.5 Å². The zero-order valence-electron chi connectivity index (χ0n) is 21.1. The third kappa shape index (κ3) is 5.88. The van der Waals surface area contributed by atoms with Crippen molar-refractivity contribution in [3.8, 4) is 17.1 Å². The summed E-state index contributed by atoms with van der Waals surface area (Å²) in [4.78, 5) is 10.1. The van der Waals surface area contributed by atoms with Crippen LogP contribution >= 0.6 is 0 Å². The molecule has 0 amide bonds. The number of nitrogens with one attached hydrogen (secondary N) is 1. The molecule has 1 aliphatic carbocycles. The average molecular weight is 491 g/mol. The third-order valence-electron chi connectivity index (χ3n) is 6.56. The van der Waals surface area contributed by atoms with E-state index in [4.69, 9.17) is 21.4 Å². The molecule has 0 aromatic heterocycles. The van der Waals surface area contributed by atoms with E-state index < -0.39 is 0 Å². The van der Waals surface area contributed by atoms with Crippen molar-refractivity contribution in [1.82, 2.24) is 9.55 Å². The van der Waals surface area contributed by atoms with E-state index in [9.17, 15) is 0 Å². The predicted molar refractivity (Wildman–Crippen MR) is 153 cm³/mol. The number of benzene rings is 4. The van der Waals surface area contributed by atoms with Gasteiger partial charge in [-0.15, -0.1) is 0 Å². The molecule has 2 aliphatic rings. The first-order chi connectivity index (χ1) is 18.2. The molecular formula is C31H34N6. The van der Waals surface area contributed by atoms with Crippen LogP contribution in [0.2, 0.25) is 0 Å². The number of nitrogens with zero attached hydrogens (tertiary/aromatic N) is 3. The van der Waals surface area contributed by atoms with E-state index in [-0.39, 0.29) is 6.04 Å². The maximum absolute atomic E-state index is 6.26. The van der Waals surface area contributed by atoms with E-state index in [0.717, 1.165) is 70.5 Å². The Bertz CT molecular complexity index is 1480. The SMILES string of the molecule is NCCCC(N)CCC/N=c1/cc2n(-c3ccccc3)c3ccccc3nc-2cc1Nc1ccccc1. The number of fused-ring (bicyclic) bond motifs is 2. The molecule has 1 atom stereocenters. The molecule has 0 radical (unpaired) electrons. The molecule has 0 saturated heterocycles. The molecule has 3 aromatic rings. The summed E-state index contributed by atoms with van der Waals surface area (Å²) in [5, 5.41) is 4.48. The van der Waals surface area contributed by atoms with Crippen LogP contribution < -0.4 is 22.1 Å². The first kappa shape index (κ1) is 24.7. The molecule has 0 spiro atoms. The predicted octanol–water partition coefficient (Wildman–Crippen LogP) is 5.62. The minimum absolute atomic E-state index is 0.174. The maximum atomic E-state index is 6.26. The van der Waals surface area contributed by atoms with Crippen molar-refractivity contribution in [3.05, 3.63) is 102 Å². The number of aromatic nitrogens is 2. The first-order valence-electron chi connectivity index (χ1n) is 13.0. The fraction of sp³-hybridized carbons (Fsp3) is 0.226. The fourth-order valence-corrected chi connectivity index (χ4v) is 4.68. The van der Waals surface area contributed by atoms with Crippen LogP contribution in [0, 0.1) is 0 Å². The minimum atomic E-state index is 0.174. The summed E-state index contributed by atoms with van der Waals surface area (Å²) >= 11 is 0. The number of hydrogen-bond donors (Lipinski definition) is 3. The van der Waals surface area contributed by atoms with Crippen LogP contribution in [0.15, 0.2) is 102 Å². The molecule has 0 bridgehead atoms. The highest BCUT2D eigenvalue weighted by Gasteiger charge is 2.16. The van der Waals surface area contributed by atoms with Crippen molar-refractivity contribution in [3.63, 3.8) is 0 Å². The van der Waals surface area contributed by atoms with Gasteiger partial charge in [0, 0.05) is 24.0 Å². The van der Waals surface area contributed by atoms with E-state index in [1.807, 2.05) is 30.3 Å². The monoisotopic (exact) mass is 490 g/mol. The van der Waals surface area contributed by atoms with Gasteiger partial charge in [-0.25, -0.2) is 4.98 Å². The van der Waals surface area contributed by atoms with Crippen molar-refractivity contribution >= 4 is 22.4 Å². The molecule has 0 saturated carbocycles. The van der Waals surface area contributed by atoms with Crippen LogP contribution in [-0.2, 0) is 0 Å². The van der Waals surface area contributed by atoms with Gasteiger partial charge < -0.3 is 21.4 Å². The Hall–Kier alpha value is -4.00. The lowest BCUT2D eigenvalue weighted by Crippen LogP contribution is -2.21. The highest BCUT2D eigenvalue weighted by atomic mass is 15.0. The van der Waals surface area contributed by atoms with Crippen LogP contribution in [0.1, 0.15) is 25.7 Å². The van der Waals surface area contributed by atoms with E-state index in [1.165, 1.54) is 0 Å². The van der Waals surface area contributed by atoms with E-state index in [0.29, 0.717) is 13.1 Å². The van der Waals surface area contributed by atoms with Crippen molar-refractivity contribution in [2.24, 2.45) is 16.5 Å². The van der Waals surface area contributed by atoms with Crippen LogP contribution in [-0.4, -0.2) is 28.7 Å². The largest absolute Gasteiger partial charge is 0.354 e. The molecule has 5 N–H and O–H groups in total. The molecule has 37 heavy (non-hydrogen) atoms. The van der Waals surface area contributed by atoms with Gasteiger partial charge in [-0.2, -0.15) is 0 Å². The molecule has 188 valence electrons. The highest BCUT2D eigenvalue weighted by Crippen LogP contribution is 2.30. The Labute approximate surface area is 218 Å². The lowest BCUT2D eigenvalue weighted by atomic mass is 10.1. The van der Waals surface area contributed by atoms with Gasteiger partial charge in [0.05, 0.1) is 33.5 Å². The fourth-order valence-electron chi connectivity index (χ4n) is 4.68. The molecule has 5 rings (SSSR count). The summed E-state index contributed by atoms with van der Waals surface area (Å²) in [5.74, 6) is 0. The summed E-state index contributed by atoms with van der Waals surface area (Å²) in [6.45, 7) is 1.39. The Morgan fingerprint density at radius 3 is 2.32 bits per heavy atom. The molecule has 3 aromatic carbocycles. The number of hydrogen-bond acceptors (Lipinski definition) is 5. The highest BCUT2D eigenvalue weighted by molar-refractivity contribution is 5.84. The van der Waals surface area contributed by atoms with Gasteiger partial charge in [0.1, 0.15) is 0 Å². The lowest BCUT2D eigenvalue weighted by molar-refractivity contribution is 0.533. The van der Waals surface area contributed by atoms with Gasteiger partial charge in [-0.3, -0.25) is 4.99 Å². The van der Waals surface area contributed by atoms with Gasteiger partial charge in [0.25, 0.3) is 0 Å². The third-order valence-corrected chi connectivity index (χ3v) is 6.56. The minimum Gasteiger partial charge on any atom is -0.354 e. The molecule has 1 unspecified atom stereocenters. The second-order valence-electron chi connectivity index (χ2n) is 9.34. The summed E-state index contributed by atoms with van der Waals surface area (Å²) in [5.41, 5.74) is 18.9. The normalized spacial score (nSPS) is 12.8. The molecule has 6 nitrogen and oxygen atoms in total. The van der Waals surface area contributed by atoms with Crippen LogP contribution in [0.4, 0.5) is 11.4 Å². The van der Waals surface area contributed by atoms with Gasteiger partial charge in [-0.05, 0) is 80.8 Å². The number of anilines is 2. The van der Waals surface area contributed by atoms with Crippen LogP contribution in [0.25, 0.3) is 28.1 Å². The zero-order chi connectivity index (χ0) is 25.5. The summed E-state index contributed by atoms with van der Waals surface area (Å²) in [7, 11) is 0. The second-order valence-corrected chi connectivity index (χ2v) is 9.34. The average Bonchev–Trinajstić information content (AvgIpc) is 2.94. The van der Waals surface area contributed by atoms with Gasteiger partial charge >= 0.3 is 0 Å². The van der Waals surface area contributed by atoms with Crippen molar-refractivity contribution in [1.29, 1.82) is 0 Å². The number of para-hydroxylation sites is 4. The quantitative estimate of drug-likeness (QED) is 0.175. The number of rotatable bonds is 10. The van der Waals surface area contributed by atoms with Gasteiger partial charge in [0.15, 0.2) is 0 Å². The van der Waals surface area contributed by atoms with Crippen molar-refractivity contribution in [2.75, 3.05) is 18.4 Å². The first-order valence-corrected chi connectivity index (χ1v) is 13.0. The van der Waals surface area contributed by atoms with Gasteiger partial charge in [0.2, 0.25) is 0 Å².